The van der Waals surface area contributed by atoms with Crippen molar-refractivity contribution >= 4 is 0 Å². The third-order valence-corrected chi connectivity index (χ3v) is 3.49. The van der Waals surface area contributed by atoms with Crippen molar-refractivity contribution in [3.05, 3.63) is 41.7 Å². The number of alkyl halides is 3. The minimum absolute atomic E-state index is 0.0457. The first-order chi connectivity index (χ1) is 9.88. The molecule has 1 aliphatic heterocycles. The Bertz CT molecular complexity index is 497. The first-order valence-electron chi connectivity index (χ1n) is 6.93. The van der Waals surface area contributed by atoms with Crippen molar-refractivity contribution < 1.29 is 17.9 Å². The molecule has 1 aromatic carbocycles. The normalized spacial score (nSPS) is 19.8. The monoisotopic (exact) mass is 300 g/mol. The number of benzene rings is 1. The Hall–Kier alpha value is -1.85. The molecular formula is C15H19F3N2O. The van der Waals surface area contributed by atoms with Crippen LogP contribution < -0.4 is 15.8 Å². The molecule has 2 rings (SSSR count). The van der Waals surface area contributed by atoms with Crippen LogP contribution in [0.4, 0.5) is 13.2 Å². The van der Waals surface area contributed by atoms with Gasteiger partial charge < -0.3 is 15.8 Å². The van der Waals surface area contributed by atoms with E-state index in [-0.39, 0.29) is 6.10 Å². The van der Waals surface area contributed by atoms with Crippen molar-refractivity contribution in [1.29, 1.82) is 0 Å². The van der Waals surface area contributed by atoms with E-state index in [1.54, 1.807) is 0 Å². The van der Waals surface area contributed by atoms with Crippen LogP contribution in [0.2, 0.25) is 0 Å². The second-order valence-corrected chi connectivity index (χ2v) is 5.17. The van der Waals surface area contributed by atoms with Crippen molar-refractivity contribution in [2.24, 2.45) is 11.7 Å². The quantitative estimate of drug-likeness (QED) is 0.877. The van der Waals surface area contributed by atoms with Gasteiger partial charge in [-0.15, -0.1) is 0 Å². The summed E-state index contributed by atoms with van der Waals surface area (Å²) in [5.74, 6) is 1.42. The zero-order chi connectivity index (χ0) is 15.5. The van der Waals surface area contributed by atoms with Crippen molar-refractivity contribution in [3.63, 3.8) is 0 Å². The SMILES string of the molecule is CC[C@@H](C[C@H]1C=C(N)NC1)Oc1ccc(C(F)(F)F)cc1. The first-order valence-corrected chi connectivity index (χ1v) is 6.93. The van der Waals surface area contributed by atoms with E-state index < -0.39 is 11.7 Å². The molecule has 0 amide bonds. The lowest BCUT2D eigenvalue weighted by Crippen LogP contribution is -2.22. The summed E-state index contributed by atoms with van der Waals surface area (Å²) in [4.78, 5) is 0. The van der Waals surface area contributed by atoms with E-state index in [1.165, 1.54) is 12.1 Å². The van der Waals surface area contributed by atoms with E-state index in [4.69, 9.17) is 10.5 Å². The van der Waals surface area contributed by atoms with Crippen LogP contribution in [0.25, 0.3) is 0 Å². The van der Waals surface area contributed by atoms with E-state index in [1.807, 2.05) is 13.0 Å². The number of rotatable bonds is 5. The van der Waals surface area contributed by atoms with Gasteiger partial charge in [0.1, 0.15) is 5.75 Å². The smallest absolute Gasteiger partial charge is 0.416 e. The summed E-state index contributed by atoms with van der Waals surface area (Å²) in [6.45, 7) is 2.77. The predicted octanol–water partition coefficient (Wildman–Crippen LogP) is 3.27. The van der Waals surface area contributed by atoms with Gasteiger partial charge in [-0.05, 0) is 43.2 Å². The van der Waals surface area contributed by atoms with Crippen molar-refractivity contribution in [2.45, 2.75) is 32.0 Å². The lowest BCUT2D eigenvalue weighted by molar-refractivity contribution is -0.137. The minimum atomic E-state index is -4.32. The molecular weight excluding hydrogens is 281 g/mol. The molecule has 3 nitrogen and oxygen atoms in total. The number of nitrogens with two attached hydrogens (primary N) is 1. The molecule has 0 saturated carbocycles. The van der Waals surface area contributed by atoms with E-state index in [2.05, 4.69) is 5.32 Å². The molecule has 116 valence electrons. The van der Waals surface area contributed by atoms with Crippen LogP contribution in [0.5, 0.6) is 5.75 Å². The molecule has 0 bridgehead atoms. The van der Waals surface area contributed by atoms with Gasteiger partial charge >= 0.3 is 6.18 Å². The summed E-state index contributed by atoms with van der Waals surface area (Å²) < 4.78 is 43.2. The van der Waals surface area contributed by atoms with Crippen LogP contribution in [0.3, 0.4) is 0 Å². The van der Waals surface area contributed by atoms with Crippen LogP contribution in [-0.2, 0) is 6.18 Å². The molecule has 0 saturated heterocycles. The molecule has 0 spiro atoms. The average molecular weight is 300 g/mol. The summed E-state index contributed by atoms with van der Waals surface area (Å²) in [5, 5.41) is 3.05. The highest BCUT2D eigenvalue weighted by Crippen LogP contribution is 2.30. The number of ether oxygens (including phenoxy) is 1. The fourth-order valence-electron chi connectivity index (χ4n) is 2.32. The molecule has 3 N–H and O–H groups in total. The highest BCUT2D eigenvalue weighted by molar-refractivity contribution is 5.29. The molecule has 1 aliphatic rings. The van der Waals surface area contributed by atoms with Crippen molar-refractivity contribution in [1.82, 2.24) is 5.32 Å². The Morgan fingerprint density at radius 3 is 2.48 bits per heavy atom. The van der Waals surface area contributed by atoms with E-state index in [9.17, 15) is 13.2 Å². The van der Waals surface area contributed by atoms with Gasteiger partial charge in [0, 0.05) is 12.5 Å². The van der Waals surface area contributed by atoms with Gasteiger partial charge in [0.2, 0.25) is 0 Å². The average Bonchev–Trinajstić information content (AvgIpc) is 2.83. The lowest BCUT2D eigenvalue weighted by Gasteiger charge is -2.20. The van der Waals surface area contributed by atoms with Crippen molar-refractivity contribution in [2.75, 3.05) is 6.54 Å². The van der Waals surface area contributed by atoms with Crippen molar-refractivity contribution in [3.8, 4) is 5.75 Å². The molecule has 1 heterocycles. The lowest BCUT2D eigenvalue weighted by atomic mass is 10.0. The molecule has 2 atom stereocenters. The van der Waals surface area contributed by atoms with E-state index >= 15 is 0 Å². The highest BCUT2D eigenvalue weighted by Gasteiger charge is 2.30. The molecule has 21 heavy (non-hydrogen) atoms. The largest absolute Gasteiger partial charge is 0.490 e. The Kier molecular flexibility index (Phi) is 4.65. The zero-order valence-electron chi connectivity index (χ0n) is 11.8. The van der Waals surface area contributed by atoms with Crippen LogP contribution in [0, 0.1) is 5.92 Å². The second kappa shape index (κ2) is 6.28. The van der Waals surface area contributed by atoms with Gasteiger partial charge in [-0.25, -0.2) is 0 Å². The summed E-state index contributed by atoms with van der Waals surface area (Å²) >= 11 is 0. The first kappa shape index (κ1) is 15.5. The molecule has 0 unspecified atom stereocenters. The van der Waals surface area contributed by atoms with Gasteiger partial charge in [-0.2, -0.15) is 13.2 Å². The van der Waals surface area contributed by atoms with Crippen LogP contribution >= 0.6 is 0 Å². The third kappa shape index (κ3) is 4.31. The van der Waals surface area contributed by atoms with E-state index in [0.717, 1.165) is 31.5 Å². The minimum Gasteiger partial charge on any atom is -0.490 e. The number of nitrogens with one attached hydrogen (secondary N) is 1. The maximum atomic E-state index is 12.5. The predicted molar refractivity (Wildman–Crippen MR) is 74.5 cm³/mol. The van der Waals surface area contributed by atoms with Gasteiger partial charge in [0.05, 0.1) is 17.5 Å². The molecule has 0 fully saturated rings. The van der Waals surface area contributed by atoms with Gasteiger partial charge in [0.25, 0.3) is 0 Å². The van der Waals surface area contributed by atoms with Gasteiger partial charge in [0.15, 0.2) is 0 Å². The number of hydrogen-bond acceptors (Lipinski definition) is 3. The summed E-state index contributed by atoms with van der Waals surface area (Å²) in [6.07, 6.45) is -0.842. The summed E-state index contributed by atoms with van der Waals surface area (Å²) in [6, 6.07) is 4.80. The molecule has 0 radical (unpaired) electrons. The summed E-state index contributed by atoms with van der Waals surface area (Å²) in [5.41, 5.74) is 4.99. The Balaban J connectivity index is 1.95. The van der Waals surface area contributed by atoms with Crippen LogP contribution in [0.15, 0.2) is 36.2 Å². The van der Waals surface area contributed by atoms with Crippen LogP contribution in [-0.4, -0.2) is 12.6 Å². The van der Waals surface area contributed by atoms with Gasteiger partial charge in [-0.3, -0.25) is 0 Å². The fourth-order valence-corrected chi connectivity index (χ4v) is 2.32. The number of hydrogen-bond donors (Lipinski definition) is 2. The fraction of sp³-hybridized carbons (Fsp3) is 0.467. The number of halogens is 3. The molecule has 6 heteroatoms. The second-order valence-electron chi connectivity index (χ2n) is 5.17. The Morgan fingerprint density at radius 2 is 2.00 bits per heavy atom. The maximum Gasteiger partial charge on any atom is 0.416 e. The zero-order valence-corrected chi connectivity index (χ0v) is 11.8. The topological polar surface area (TPSA) is 47.3 Å². The maximum absolute atomic E-state index is 12.5. The third-order valence-electron chi connectivity index (χ3n) is 3.49. The molecule has 0 aromatic heterocycles. The highest BCUT2D eigenvalue weighted by atomic mass is 19.4. The Morgan fingerprint density at radius 1 is 1.33 bits per heavy atom. The van der Waals surface area contributed by atoms with Gasteiger partial charge in [-0.1, -0.05) is 6.92 Å². The Labute approximate surface area is 122 Å². The molecule has 0 aliphatic carbocycles. The van der Waals surface area contributed by atoms with Crippen LogP contribution in [0.1, 0.15) is 25.3 Å². The molecule has 1 aromatic rings. The standard InChI is InChI=1S/C15H19F3N2O/c1-2-12(7-10-8-14(19)20-9-10)21-13-5-3-11(4-6-13)15(16,17)18/h3-6,8,10,12,20H,2,7,9,19H2,1H3/t10-,12-/m0/s1. The summed E-state index contributed by atoms with van der Waals surface area (Å²) in [7, 11) is 0. The van der Waals surface area contributed by atoms with E-state index in [0.29, 0.717) is 17.5 Å².